The van der Waals surface area contributed by atoms with Crippen LogP contribution in [0.2, 0.25) is 15.1 Å². The summed E-state index contributed by atoms with van der Waals surface area (Å²) in [6.45, 7) is 14.8. The minimum absolute atomic E-state index is 0.0491. The normalized spacial score (nSPS) is 18.4. The van der Waals surface area contributed by atoms with Gasteiger partial charge in [-0.25, -0.2) is 8.78 Å². The molecule has 1 fully saturated rings. The molecule has 8 rings (SSSR count). The fraction of sp³-hybridized carbons (Fsp3) is 0.417. The Bertz CT molecular complexity index is 3390. The summed E-state index contributed by atoms with van der Waals surface area (Å²) in [6.07, 6.45) is 0.357. The first-order valence-electron chi connectivity index (χ1n) is 27.0. The molecule has 2 unspecified atom stereocenters. The average Bonchev–Trinajstić information content (AvgIpc) is 3.08. The Balaban J connectivity index is 0.733. The predicted octanol–water partition coefficient (Wildman–Crippen LogP) is 10.4. The van der Waals surface area contributed by atoms with Gasteiger partial charge >= 0.3 is 0 Å². The van der Waals surface area contributed by atoms with Gasteiger partial charge in [0.05, 0.1) is 94.9 Å². The molecule has 6 aromatic rings. The maximum Gasteiger partial charge on any atom is 0.251 e. The van der Waals surface area contributed by atoms with E-state index in [9.17, 15) is 19.6 Å². The molecule has 2 aliphatic heterocycles. The molecule has 0 bridgehead atoms. The van der Waals surface area contributed by atoms with E-state index in [-0.39, 0.29) is 76.7 Å². The van der Waals surface area contributed by atoms with Gasteiger partial charge in [0.1, 0.15) is 39.7 Å². The van der Waals surface area contributed by atoms with Crippen molar-refractivity contribution in [3.8, 4) is 16.8 Å². The summed E-state index contributed by atoms with van der Waals surface area (Å²) >= 11 is 20.4. The number of aryl methyl sites for hydroxylation is 2. The number of rotatable bonds is 25. The number of benzene rings is 4. The van der Waals surface area contributed by atoms with Gasteiger partial charge in [-0.1, -0.05) is 85.9 Å². The molecule has 1 saturated heterocycles. The van der Waals surface area contributed by atoms with E-state index in [4.69, 9.17) is 63.5 Å². The highest BCUT2D eigenvalue weighted by atomic mass is 35.5. The fourth-order valence-electron chi connectivity index (χ4n) is 10.4. The second-order valence-corrected chi connectivity index (χ2v) is 23.7. The Morgan fingerprint density at radius 1 is 0.831 bits per heavy atom. The Hall–Kier alpha value is -6.38. The van der Waals surface area contributed by atoms with Crippen molar-refractivity contribution in [2.75, 3.05) is 78.4 Å². The van der Waals surface area contributed by atoms with Crippen LogP contribution < -0.4 is 26.0 Å². The molecule has 2 aromatic heterocycles. The number of carbonyl (C=O) groups is 3. The Kier molecular flexibility index (Phi) is 21.1. The van der Waals surface area contributed by atoms with Crippen molar-refractivity contribution in [1.82, 2.24) is 30.7 Å². The van der Waals surface area contributed by atoms with Crippen molar-refractivity contribution in [3.05, 3.63) is 155 Å². The van der Waals surface area contributed by atoms with E-state index < -0.39 is 58.3 Å². The molecule has 4 aromatic carbocycles. The first kappa shape index (κ1) is 62.7. The van der Waals surface area contributed by atoms with Crippen LogP contribution in [0.15, 0.2) is 83.9 Å². The molecule has 0 radical (unpaired) electrons. The zero-order chi connectivity index (χ0) is 59.6. The monoisotopic (exact) mass is 1220 g/mol. The van der Waals surface area contributed by atoms with Gasteiger partial charge in [0.25, 0.3) is 5.91 Å². The Morgan fingerprint density at radius 2 is 1.48 bits per heavy atom. The number of hydrogen-bond acceptors (Lipinski definition) is 14. The third-order valence-electron chi connectivity index (χ3n) is 14.4. The maximum absolute atomic E-state index is 16.2. The third-order valence-corrected chi connectivity index (χ3v) is 16.4. The van der Waals surface area contributed by atoms with Crippen LogP contribution >= 0.6 is 46.1 Å². The first-order valence-corrected chi connectivity index (χ1v) is 29.0. The molecular formula is C60H66Cl3F2N9O8S. The number of hydrogen-bond donors (Lipinski definition) is 4. The van der Waals surface area contributed by atoms with E-state index in [2.05, 4.69) is 51.4 Å². The summed E-state index contributed by atoms with van der Waals surface area (Å²) < 4.78 is 62.4. The highest BCUT2D eigenvalue weighted by molar-refractivity contribution is 7.15. The lowest BCUT2D eigenvalue weighted by Crippen LogP contribution is -2.45. The zero-order valence-corrected chi connectivity index (χ0v) is 50.2. The molecule has 0 aliphatic carbocycles. The number of anilines is 1. The van der Waals surface area contributed by atoms with Crippen LogP contribution in [0.3, 0.4) is 0 Å². The highest BCUT2D eigenvalue weighted by Crippen LogP contribution is 2.53. The number of thiophene rings is 1. The van der Waals surface area contributed by atoms with Gasteiger partial charge in [-0.15, -0.1) is 21.5 Å². The van der Waals surface area contributed by atoms with E-state index in [0.717, 1.165) is 38.3 Å². The highest BCUT2D eigenvalue weighted by Gasteiger charge is 2.61. The van der Waals surface area contributed by atoms with E-state index in [0.29, 0.717) is 62.9 Å². The molecule has 4 heterocycles. The van der Waals surface area contributed by atoms with Crippen LogP contribution in [0.5, 0.6) is 5.75 Å². The fourth-order valence-corrected chi connectivity index (χ4v) is 12.1. The summed E-state index contributed by atoms with van der Waals surface area (Å²) in [5.74, 6) is -2.73. The van der Waals surface area contributed by atoms with Crippen LogP contribution in [-0.2, 0) is 34.0 Å². The summed E-state index contributed by atoms with van der Waals surface area (Å²) in [6, 6.07) is 19.9. The maximum atomic E-state index is 16.2. The second-order valence-electron chi connectivity index (χ2n) is 21.3. The predicted molar refractivity (Wildman–Crippen MR) is 316 cm³/mol. The Morgan fingerprint density at radius 3 is 2.12 bits per heavy atom. The van der Waals surface area contributed by atoms with Crippen LogP contribution in [0.4, 0.5) is 14.5 Å². The average molecular weight is 1220 g/mol. The molecule has 23 heteroatoms. The van der Waals surface area contributed by atoms with E-state index >= 15 is 8.78 Å². The second kappa shape index (κ2) is 28.0. The van der Waals surface area contributed by atoms with Crippen molar-refractivity contribution in [1.29, 1.82) is 5.26 Å². The molecular weight excluding hydrogens is 1150 g/mol. The topological polar surface area (TPSA) is 212 Å². The Labute approximate surface area is 500 Å². The van der Waals surface area contributed by atoms with Gasteiger partial charge in [0, 0.05) is 62.2 Å². The lowest BCUT2D eigenvalue weighted by molar-refractivity contribution is -0.121. The lowest BCUT2D eigenvalue weighted by Gasteiger charge is -2.37. The molecule has 440 valence electrons. The number of nitrogens with one attached hydrogen (secondary N) is 4. The van der Waals surface area contributed by atoms with Crippen molar-refractivity contribution in [2.45, 2.75) is 83.8 Å². The van der Waals surface area contributed by atoms with E-state index in [1.165, 1.54) is 55.6 Å². The van der Waals surface area contributed by atoms with Crippen LogP contribution in [0.25, 0.3) is 5.00 Å². The number of amides is 3. The van der Waals surface area contributed by atoms with Crippen LogP contribution in [0, 0.1) is 49.2 Å². The summed E-state index contributed by atoms with van der Waals surface area (Å²) in [5, 5.41) is 33.4. The summed E-state index contributed by atoms with van der Waals surface area (Å²) in [4.78, 5) is 47.3. The largest absolute Gasteiger partial charge is 0.495 e. The molecule has 83 heavy (non-hydrogen) atoms. The number of methoxy groups -OCH3 is 1. The smallest absolute Gasteiger partial charge is 0.251 e. The molecule has 5 atom stereocenters. The molecule has 4 N–H and O–H groups in total. The molecule has 3 amide bonds. The van der Waals surface area contributed by atoms with Gasteiger partial charge in [0.2, 0.25) is 11.8 Å². The minimum atomic E-state index is -1.82. The van der Waals surface area contributed by atoms with Crippen molar-refractivity contribution in [3.63, 3.8) is 0 Å². The number of fused-ring (bicyclic) bond motifs is 3. The van der Waals surface area contributed by atoms with Gasteiger partial charge in [-0.3, -0.25) is 23.9 Å². The van der Waals surface area contributed by atoms with E-state index in [1.807, 2.05) is 56.5 Å². The van der Waals surface area contributed by atoms with Gasteiger partial charge in [0.15, 0.2) is 5.82 Å². The molecule has 0 spiro atoms. The summed E-state index contributed by atoms with van der Waals surface area (Å²) in [5.41, 5.74) is 1.85. The zero-order valence-electron chi connectivity index (χ0n) is 47.1. The standard InChI is InChI=1S/C60H66Cl3F2N9O8S/c1-34-35(2)83-58-50(34)53(37-11-14-39(61)15-12-37)69-46(55-73-72-36(3)74(55)58)31-49(75)67-19-21-79-23-25-81-27-28-82-26-24-80-22-20-68-56(76)38-13-18-45(47(29-38)78-7)70-57(77)54-51(41-9-8-10-43(63)52(41)65)60(33-66,48(71-54)32-59(4,5)6)42-17-16-40(62)30-44(42)64/h8-18,29-30,46,48,51,54,71H,19-28,31-32H2,1-7H3,(H,67,75)(H,68,76)(H,70,77)/t46-,48?,51-,54?,60-/m0/s1. The summed E-state index contributed by atoms with van der Waals surface area (Å²) in [7, 11) is 1.38. The quantitative estimate of drug-likeness (QED) is 0.0394. The van der Waals surface area contributed by atoms with Gasteiger partial charge in [-0.05, 0) is 92.3 Å². The van der Waals surface area contributed by atoms with Crippen molar-refractivity contribution < 1.29 is 46.8 Å². The number of ether oxygens (including phenoxy) is 5. The first-order chi connectivity index (χ1) is 39.8. The van der Waals surface area contributed by atoms with Crippen molar-refractivity contribution in [2.24, 2.45) is 10.4 Å². The number of aromatic nitrogens is 3. The molecule has 0 saturated carbocycles. The van der Waals surface area contributed by atoms with Crippen LogP contribution in [-0.4, -0.2) is 123 Å². The number of carbonyl (C=O) groups excluding carboxylic acids is 3. The van der Waals surface area contributed by atoms with Crippen LogP contribution in [0.1, 0.15) is 100 Å². The SMILES string of the molecule is COc1cc(C(=O)NCCOCCOCCOCCOCCNC(=O)C[C@@H]2N=C(c3ccc(Cl)cc3)c3c(sc(C)c3C)-n3c(C)nnc32)ccc1NC(=O)C1NC(CC(C)(C)C)[C@](C#N)(c2ccc(Cl)cc2F)[C@H]1c1cccc(Cl)c1F. The van der Waals surface area contributed by atoms with Gasteiger partial charge in [-0.2, -0.15) is 5.26 Å². The number of halogens is 5. The lowest BCUT2D eigenvalue weighted by atomic mass is 9.62. The van der Waals surface area contributed by atoms with E-state index in [1.54, 1.807) is 11.3 Å². The minimum Gasteiger partial charge on any atom is -0.495 e. The number of aliphatic imine (C=N–C) groups is 1. The number of nitrogens with zero attached hydrogens (tertiary/aromatic N) is 5. The number of nitriles is 1. The third kappa shape index (κ3) is 14.6. The van der Waals surface area contributed by atoms with Crippen molar-refractivity contribution >= 4 is 75.3 Å². The molecule has 17 nitrogen and oxygen atoms in total. The van der Waals surface area contributed by atoms with Gasteiger partial charge < -0.3 is 45.0 Å². The molecule has 2 aliphatic rings.